The number of rotatable bonds is 2. The normalized spacial score (nSPS) is 24.5. The van der Waals surface area contributed by atoms with Crippen LogP contribution in [0.1, 0.15) is 25.3 Å². The van der Waals surface area contributed by atoms with Gasteiger partial charge in [0.2, 0.25) is 5.91 Å². The predicted molar refractivity (Wildman–Crippen MR) is 87.5 cm³/mol. The Morgan fingerprint density at radius 2 is 2.05 bits per heavy atom. The molecule has 2 nitrogen and oxygen atoms in total. The van der Waals surface area contributed by atoms with Gasteiger partial charge in [-0.1, -0.05) is 41.1 Å². The van der Waals surface area contributed by atoms with Crippen LogP contribution in [0.2, 0.25) is 0 Å². The Kier molecular flexibility index (Phi) is 4.41. The smallest absolute Gasteiger partial charge is 0.236 e. The first-order chi connectivity index (χ1) is 9.65. The van der Waals surface area contributed by atoms with Crippen molar-refractivity contribution in [2.24, 2.45) is 5.92 Å². The van der Waals surface area contributed by atoms with Gasteiger partial charge in [-0.15, -0.1) is 11.8 Å². The molecule has 108 valence electrons. The number of alkyl halides is 1. The van der Waals surface area contributed by atoms with Gasteiger partial charge in [0, 0.05) is 22.8 Å². The summed E-state index contributed by atoms with van der Waals surface area (Å²) in [6.07, 6.45) is 3.15. The lowest BCUT2D eigenvalue weighted by Crippen LogP contribution is -2.43. The van der Waals surface area contributed by atoms with E-state index in [1.165, 1.54) is 10.5 Å². The zero-order chi connectivity index (χ0) is 14.1. The average molecular weight is 354 g/mol. The number of thioether (sulfide) groups is 1. The molecule has 2 heterocycles. The fourth-order valence-electron chi connectivity index (χ4n) is 3.10. The van der Waals surface area contributed by atoms with Crippen LogP contribution in [0, 0.1) is 5.92 Å². The third kappa shape index (κ3) is 2.91. The number of halogens is 1. The molecule has 2 aliphatic heterocycles. The highest BCUT2D eigenvalue weighted by Gasteiger charge is 2.33. The van der Waals surface area contributed by atoms with Gasteiger partial charge in [0.1, 0.15) is 0 Å². The van der Waals surface area contributed by atoms with Crippen LogP contribution >= 0.6 is 27.7 Å². The molecule has 4 heteroatoms. The quantitative estimate of drug-likeness (QED) is 0.755. The van der Waals surface area contributed by atoms with Gasteiger partial charge >= 0.3 is 0 Å². The summed E-state index contributed by atoms with van der Waals surface area (Å²) in [5.41, 5.74) is 1.33. The van der Waals surface area contributed by atoms with Gasteiger partial charge in [0.15, 0.2) is 0 Å². The van der Waals surface area contributed by atoms with Gasteiger partial charge in [0.05, 0.1) is 5.25 Å². The van der Waals surface area contributed by atoms with E-state index in [0.29, 0.717) is 16.7 Å². The minimum atomic E-state index is 0.102. The number of nitrogens with zero attached hydrogens (tertiary/aromatic N) is 1. The number of benzene rings is 1. The molecule has 0 radical (unpaired) electrons. The number of fused-ring (bicyclic) bond motifs is 1. The van der Waals surface area contributed by atoms with Crippen molar-refractivity contribution in [1.29, 1.82) is 0 Å². The van der Waals surface area contributed by atoms with Crippen molar-refractivity contribution < 1.29 is 4.79 Å². The third-order valence-electron chi connectivity index (χ3n) is 4.42. The Hall–Kier alpha value is -0.480. The van der Waals surface area contributed by atoms with Gasteiger partial charge in [-0.25, -0.2) is 0 Å². The zero-order valence-electron chi connectivity index (χ0n) is 11.7. The summed E-state index contributed by atoms with van der Waals surface area (Å²) in [6.45, 7) is 4.06. The molecule has 2 atom stereocenters. The third-order valence-corrected chi connectivity index (χ3v) is 6.48. The molecular weight excluding hydrogens is 334 g/mol. The Labute approximate surface area is 133 Å². The summed E-state index contributed by atoms with van der Waals surface area (Å²) in [6, 6.07) is 8.40. The maximum absolute atomic E-state index is 12.6. The topological polar surface area (TPSA) is 20.3 Å². The van der Waals surface area contributed by atoms with E-state index >= 15 is 0 Å². The summed E-state index contributed by atoms with van der Waals surface area (Å²) >= 11 is 5.42. The number of amides is 1. The number of carbonyl (C=O) groups excluding carboxylic acids is 1. The molecule has 2 unspecified atom stereocenters. The Morgan fingerprint density at radius 1 is 1.35 bits per heavy atom. The minimum Gasteiger partial charge on any atom is -0.342 e. The molecule has 2 aliphatic rings. The highest BCUT2D eigenvalue weighted by Crippen LogP contribution is 2.38. The first-order valence-electron chi connectivity index (χ1n) is 7.32. The zero-order valence-corrected chi connectivity index (χ0v) is 14.1. The van der Waals surface area contributed by atoms with Crippen molar-refractivity contribution >= 4 is 33.6 Å². The van der Waals surface area contributed by atoms with Crippen molar-refractivity contribution in [2.45, 2.75) is 41.2 Å². The van der Waals surface area contributed by atoms with Crippen molar-refractivity contribution in [2.75, 3.05) is 13.1 Å². The van der Waals surface area contributed by atoms with E-state index in [0.717, 1.165) is 32.4 Å². The van der Waals surface area contributed by atoms with Crippen molar-refractivity contribution in [1.82, 2.24) is 4.90 Å². The maximum atomic E-state index is 12.6. The van der Waals surface area contributed by atoms with E-state index in [2.05, 4.69) is 52.0 Å². The average Bonchev–Trinajstić information content (AvgIpc) is 2.90. The van der Waals surface area contributed by atoms with Crippen LogP contribution in [0.4, 0.5) is 0 Å². The molecule has 0 saturated carbocycles. The number of piperidine rings is 1. The predicted octanol–water partition coefficient (Wildman–Crippen LogP) is 3.73. The molecule has 0 spiro atoms. The highest BCUT2D eigenvalue weighted by atomic mass is 79.9. The Bertz CT molecular complexity index is 472. The fourth-order valence-corrected chi connectivity index (χ4v) is 4.91. The summed E-state index contributed by atoms with van der Waals surface area (Å²) in [5, 5.41) is 0.102. The number of hydrogen-bond donors (Lipinski definition) is 0. The summed E-state index contributed by atoms with van der Waals surface area (Å²) in [4.78, 5) is 16.6. The molecule has 0 N–H and O–H groups in total. The Morgan fingerprint density at radius 3 is 2.70 bits per heavy atom. The molecule has 1 aromatic rings. The molecule has 1 amide bonds. The van der Waals surface area contributed by atoms with E-state index in [4.69, 9.17) is 0 Å². The first kappa shape index (κ1) is 14.5. The Balaban J connectivity index is 1.59. The molecule has 0 bridgehead atoms. The number of carbonyl (C=O) groups is 1. The maximum Gasteiger partial charge on any atom is 0.236 e. The summed E-state index contributed by atoms with van der Waals surface area (Å²) < 4.78 is 0. The monoisotopic (exact) mass is 353 g/mol. The summed E-state index contributed by atoms with van der Waals surface area (Å²) in [5.74, 6) is 1.05. The van der Waals surface area contributed by atoms with E-state index in [1.54, 1.807) is 11.8 Å². The number of likely N-dealkylation sites (tertiary alicyclic amines) is 1. The molecule has 0 aliphatic carbocycles. The lowest BCUT2D eigenvalue weighted by molar-refractivity contribution is -0.131. The van der Waals surface area contributed by atoms with Crippen LogP contribution in [-0.4, -0.2) is 34.0 Å². The van der Waals surface area contributed by atoms with Crippen LogP contribution in [0.3, 0.4) is 0 Å². The van der Waals surface area contributed by atoms with Crippen LogP contribution in [0.15, 0.2) is 29.2 Å². The molecule has 1 fully saturated rings. The van der Waals surface area contributed by atoms with Crippen LogP contribution in [-0.2, 0) is 11.2 Å². The standard InChI is InChI=1S/C16H20BrNOS/c1-11(17)12-6-8-18(9-7-12)16(19)15-10-13-4-2-3-5-14(13)20-15/h2-5,11-12,15H,6-10H2,1H3. The SMILES string of the molecule is CC(Br)C1CCN(C(=O)C2Cc3ccccc3S2)CC1. The molecular formula is C16H20BrNOS. The van der Waals surface area contributed by atoms with Gasteiger partial charge < -0.3 is 4.90 Å². The second-order valence-electron chi connectivity index (χ2n) is 5.76. The van der Waals surface area contributed by atoms with Crippen molar-refractivity contribution in [3.63, 3.8) is 0 Å². The molecule has 1 saturated heterocycles. The van der Waals surface area contributed by atoms with E-state index in [1.807, 2.05) is 0 Å². The molecule has 1 aromatic carbocycles. The van der Waals surface area contributed by atoms with E-state index in [-0.39, 0.29) is 5.25 Å². The van der Waals surface area contributed by atoms with Crippen LogP contribution < -0.4 is 0 Å². The second-order valence-corrected chi connectivity index (χ2v) is 8.45. The summed E-state index contributed by atoms with van der Waals surface area (Å²) in [7, 11) is 0. The number of hydrogen-bond acceptors (Lipinski definition) is 2. The largest absolute Gasteiger partial charge is 0.342 e. The lowest BCUT2D eigenvalue weighted by Gasteiger charge is -2.34. The van der Waals surface area contributed by atoms with Crippen LogP contribution in [0.5, 0.6) is 0 Å². The fraction of sp³-hybridized carbons (Fsp3) is 0.562. The van der Waals surface area contributed by atoms with E-state index < -0.39 is 0 Å². The second kappa shape index (κ2) is 6.10. The molecule has 20 heavy (non-hydrogen) atoms. The first-order valence-corrected chi connectivity index (χ1v) is 9.12. The molecule has 0 aromatic heterocycles. The lowest BCUT2D eigenvalue weighted by atomic mass is 9.94. The van der Waals surface area contributed by atoms with Gasteiger partial charge in [-0.05, 0) is 36.8 Å². The van der Waals surface area contributed by atoms with Gasteiger partial charge in [0.25, 0.3) is 0 Å². The highest BCUT2D eigenvalue weighted by molar-refractivity contribution is 9.09. The molecule has 3 rings (SSSR count). The van der Waals surface area contributed by atoms with Crippen molar-refractivity contribution in [3.8, 4) is 0 Å². The van der Waals surface area contributed by atoms with Gasteiger partial charge in [-0.2, -0.15) is 0 Å². The van der Waals surface area contributed by atoms with E-state index in [9.17, 15) is 4.79 Å². The van der Waals surface area contributed by atoms with Crippen LogP contribution in [0.25, 0.3) is 0 Å². The minimum absolute atomic E-state index is 0.102. The van der Waals surface area contributed by atoms with Crippen molar-refractivity contribution in [3.05, 3.63) is 29.8 Å². The van der Waals surface area contributed by atoms with Gasteiger partial charge in [-0.3, -0.25) is 4.79 Å².